The van der Waals surface area contributed by atoms with Gasteiger partial charge in [-0.3, -0.25) is 9.59 Å². The first kappa shape index (κ1) is 19.7. The molecule has 3 N–H and O–H groups in total. The van der Waals surface area contributed by atoms with E-state index in [9.17, 15) is 14.0 Å². The molecule has 2 saturated carbocycles. The Bertz CT molecular complexity index is 999. The standard InChI is InChI=1S/C23H28FN3O2/c24-19-12-18-21(13-20(19)26-16-6-2-1-3-7-16)27(17-8-4-5-9-17)14-15(23(18)29)10-11-22(25)28/h10-14,16-17,26H,1-9H2,(H2,25,28)/b11-10+. The van der Waals surface area contributed by atoms with Gasteiger partial charge < -0.3 is 15.6 Å². The number of nitrogens with one attached hydrogen (secondary N) is 1. The van der Waals surface area contributed by atoms with Crippen LogP contribution in [-0.4, -0.2) is 16.5 Å². The summed E-state index contributed by atoms with van der Waals surface area (Å²) in [6, 6.07) is 3.68. The molecule has 2 fully saturated rings. The Morgan fingerprint density at radius 3 is 2.48 bits per heavy atom. The fourth-order valence-corrected chi connectivity index (χ4v) is 4.74. The Labute approximate surface area is 169 Å². The summed E-state index contributed by atoms with van der Waals surface area (Å²) in [7, 11) is 0. The first-order valence-corrected chi connectivity index (χ1v) is 10.7. The second-order valence-corrected chi connectivity index (χ2v) is 8.32. The molecule has 2 aliphatic rings. The number of anilines is 1. The van der Waals surface area contributed by atoms with Gasteiger partial charge in [-0.1, -0.05) is 32.1 Å². The molecule has 1 heterocycles. The van der Waals surface area contributed by atoms with Crippen molar-refractivity contribution in [3.63, 3.8) is 0 Å². The number of hydrogen-bond donors (Lipinski definition) is 2. The predicted molar refractivity (Wildman–Crippen MR) is 114 cm³/mol. The molecule has 2 aliphatic carbocycles. The van der Waals surface area contributed by atoms with Crippen molar-refractivity contribution in [1.29, 1.82) is 0 Å². The van der Waals surface area contributed by atoms with Crippen molar-refractivity contribution in [2.24, 2.45) is 5.73 Å². The Morgan fingerprint density at radius 1 is 1.10 bits per heavy atom. The molecule has 4 rings (SSSR count). The molecule has 5 nitrogen and oxygen atoms in total. The van der Waals surface area contributed by atoms with E-state index in [0.29, 0.717) is 16.6 Å². The molecule has 0 spiro atoms. The largest absolute Gasteiger partial charge is 0.380 e. The number of nitrogens with two attached hydrogens (primary N) is 1. The molecule has 0 bridgehead atoms. The number of benzene rings is 1. The molecular formula is C23H28FN3O2. The maximum atomic E-state index is 14.9. The fraction of sp³-hybridized carbons (Fsp3) is 0.478. The maximum absolute atomic E-state index is 14.9. The highest BCUT2D eigenvalue weighted by molar-refractivity contribution is 5.91. The van der Waals surface area contributed by atoms with Crippen LogP contribution in [0.2, 0.25) is 0 Å². The summed E-state index contributed by atoms with van der Waals surface area (Å²) in [5, 5.41) is 3.71. The zero-order valence-electron chi connectivity index (χ0n) is 16.6. The number of halogens is 1. The fourth-order valence-electron chi connectivity index (χ4n) is 4.74. The van der Waals surface area contributed by atoms with Crippen molar-refractivity contribution in [2.75, 3.05) is 5.32 Å². The number of nitrogens with zero attached hydrogens (tertiary/aromatic N) is 1. The predicted octanol–water partition coefficient (Wildman–Crippen LogP) is 4.50. The second-order valence-electron chi connectivity index (χ2n) is 8.32. The quantitative estimate of drug-likeness (QED) is 0.730. The van der Waals surface area contributed by atoms with Gasteiger partial charge in [0, 0.05) is 35.3 Å². The van der Waals surface area contributed by atoms with E-state index in [1.165, 1.54) is 24.6 Å². The summed E-state index contributed by atoms with van der Waals surface area (Å²) in [6.07, 6.45) is 14.4. The van der Waals surface area contributed by atoms with Crippen LogP contribution in [0, 0.1) is 5.82 Å². The van der Waals surface area contributed by atoms with Crippen molar-refractivity contribution in [1.82, 2.24) is 4.57 Å². The summed E-state index contributed by atoms with van der Waals surface area (Å²) in [5.41, 5.74) is 6.48. The van der Waals surface area contributed by atoms with Crippen molar-refractivity contribution in [2.45, 2.75) is 69.9 Å². The molecule has 0 radical (unpaired) electrons. The van der Waals surface area contributed by atoms with Crippen molar-refractivity contribution in [3.05, 3.63) is 46.0 Å². The van der Waals surface area contributed by atoms with E-state index in [-0.39, 0.29) is 17.5 Å². The number of carbonyl (C=O) groups excluding carboxylic acids is 1. The molecule has 6 heteroatoms. The van der Waals surface area contributed by atoms with E-state index >= 15 is 0 Å². The van der Waals surface area contributed by atoms with Gasteiger partial charge in [-0.15, -0.1) is 0 Å². The molecule has 0 saturated heterocycles. The number of amides is 1. The van der Waals surface area contributed by atoms with Crippen LogP contribution in [0.25, 0.3) is 17.0 Å². The van der Waals surface area contributed by atoms with E-state index in [4.69, 9.17) is 5.73 Å². The molecule has 0 unspecified atom stereocenters. The van der Waals surface area contributed by atoms with Crippen molar-refractivity contribution >= 4 is 28.6 Å². The van der Waals surface area contributed by atoms with Gasteiger partial charge in [0.25, 0.3) is 0 Å². The highest BCUT2D eigenvalue weighted by Crippen LogP contribution is 2.34. The Kier molecular flexibility index (Phi) is 5.69. The summed E-state index contributed by atoms with van der Waals surface area (Å²) in [6.45, 7) is 0. The summed E-state index contributed by atoms with van der Waals surface area (Å²) in [4.78, 5) is 24.1. The minimum atomic E-state index is -0.616. The van der Waals surface area contributed by atoms with E-state index < -0.39 is 11.7 Å². The Hall–Kier alpha value is -2.63. The molecule has 1 amide bonds. The lowest BCUT2D eigenvalue weighted by molar-refractivity contribution is -0.113. The van der Waals surface area contributed by atoms with Gasteiger partial charge in [-0.25, -0.2) is 4.39 Å². The van der Waals surface area contributed by atoms with Gasteiger partial charge in [0.1, 0.15) is 5.82 Å². The van der Waals surface area contributed by atoms with Crippen LogP contribution in [0.15, 0.2) is 29.2 Å². The first-order valence-electron chi connectivity index (χ1n) is 10.7. The SMILES string of the molecule is NC(=O)/C=C/c1cn(C2CCCC2)c2cc(NC3CCCCC3)c(F)cc2c1=O. The summed E-state index contributed by atoms with van der Waals surface area (Å²) in [5.74, 6) is -1.02. The smallest absolute Gasteiger partial charge is 0.241 e. The first-order chi connectivity index (χ1) is 14.0. The van der Waals surface area contributed by atoms with Gasteiger partial charge in [0.05, 0.1) is 11.2 Å². The normalized spacial score (nSPS) is 18.7. The molecule has 1 aromatic heterocycles. The molecule has 154 valence electrons. The van der Waals surface area contributed by atoms with Crippen LogP contribution in [0.4, 0.5) is 10.1 Å². The lowest BCUT2D eigenvalue weighted by Crippen LogP contribution is -2.23. The highest BCUT2D eigenvalue weighted by Gasteiger charge is 2.22. The van der Waals surface area contributed by atoms with Crippen LogP contribution in [0.1, 0.15) is 69.4 Å². The lowest BCUT2D eigenvalue weighted by Gasteiger charge is -2.25. The molecular weight excluding hydrogens is 369 g/mol. The summed E-state index contributed by atoms with van der Waals surface area (Å²) < 4.78 is 17.0. The van der Waals surface area contributed by atoms with Gasteiger partial charge in [0.15, 0.2) is 5.43 Å². The molecule has 29 heavy (non-hydrogen) atoms. The van der Waals surface area contributed by atoms with Gasteiger partial charge in [-0.2, -0.15) is 0 Å². The van der Waals surface area contributed by atoms with Crippen molar-refractivity contribution in [3.8, 4) is 0 Å². The minimum absolute atomic E-state index is 0.270. The Morgan fingerprint density at radius 2 is 1.79 bits per heavy atom. The lowest BCUT2D eigenvalue weighted by atomic mass is 9.95. The van der Waals surface area contributed by atoms with Gasteiger partial charge in [-0.05, 0) is 43.9 Å². The van der Waals surface area contributed by atoms with E-state index in [2.05, 4.69) is 9.88 Å². The topological polar surface area (TPSA) is 77.1 Å². The van der Waals surface area contributed by atoms with Crippen LogP contribution >= 0.6 is 0 Å². The minimum Gasteiger partial charge on any atom is -0.380 e. The molecule has 0 aliphatic heterocycles. The van der Waals surface area contributed by atoms with Crippen molar-refractivity contribution < 1.29 is 9.18 Å². The zero-order chi connectivity index (χ0) is 20.4. The molecule has 2 aromatic rings. The second kappa shape index (κ2) is 8.39. The third kappa shape index (κ3) is 4.21. The highest BCUT2D eigenvalue weighted by atomic mass is 19.1. The van der Waals surface area contributed by atoms with E-state index in [1.807, 2.05) is 0 Å². The average Bonchev–Trinajstić information content (AvgIpc) is 3.24. The van der Waals surface area contributed by atoms with Gasteiger partial charge >= 0.3 is 0 Å². The van der Waals surface area contributed by atoms with E-state index in [1.54, 1.807) is 12.3 Å². The van der Waals surface area contributed by atoms with Crippen LogP contribution in [-0.2, 0) is 4.79 Å². The van der Waals surface area contributed by atoms with Crippen LogP contribution in [0.5, 0.6) is 0 Å². The third-order valence-corrected chi connectivity index (χ3v) is 6.26. The number of pyridine rings is 1. The average molecular weight is 397 g/mol. The number of fused-ring (bicyclic) bond motifs is 1. The maximum Gasteiger partial charge on any atom is 0.241 e. The number of rotatable bonds is 5. The number of aromatic nitrogens is 1. The third-order valence-electron chi connectivity index (χ3n) is 6.26. The molecule has 0 atom stereocenters. The Balaban J connectivity index is 1.82. The monoisotopic (exact) mass is 397 g/mol. The summed E-state index contributed by atoms with van der Waals surface area (Å²) >= 11 is 0. The van der Waals surface area contributed by atoms with Gasteiger partial charge in [0.2, 0.25) is 5.91 Å². The molecule has 1 aromatic carbocycles. The van der Waals surface area contributed by atoms with Crippen LogP contribution in [0.3, 0.4) is 0 Å². The number of carbonyl (C=O) groups is 1. The number of hydrogen-bond acceptors (Lipinski definition) is 3. The number of primary amides is 1. The van der Waals surface area contributed by atoms with E-state index in [0.717, 1.165) is 56.9 Å². The van der Waals surface area contributed by atoms with Crippen LogP contribution < -0.4 is 16.5 Å². The zero-order valence-corrected chi connectivity index (χ0v) is 16.6.